The second-order valence-electron chi connectivity index (χ2n) is 5.65. The summed E-state index contributed by atoms with van der Waals surface area (Å²) in [5.74, 6) is -0.694. The molecule has 2 rings (SSSR count). The van der Waals surface area contributed by atoms with Gasteiger partial charge >= 0.3 is 0 Å². The Morgan fingerprint density at radius 2 is 1.93 bits per heavy atom. The Bertz CT molecular complexity index is 1010. The van der Waals surface area contributed by atoms with Crippen molar-refractivity contribution >= 4 is 56.2 Å². The normalized spacial score (nSPS) is 11.1. The van der Waals surface area contributed by atoms with Gasteiger partial charge in [0.05, 0.1) is 32.6 Å². The first-order chi connectivity index (χ1) is 12.5. The molecule has 0 bridgehead atoms. The molecule has 0 aliphatic rings. The number of amides is 1. The van der Waals surface area contributed by atoms with E-state index in [2.05, 4.69) is 5.32 Å². The fourth-order valence-electron chi connectivity index (χ4n) is 2.24. The van der Waals surface area contributed by atoms with Crippen LogP contribution in [0.5, 0.6) is 0 Å². The summed E-state index contributed by atoms with van der Waals surface area (Å²) in [6.45, 7) is 1.07. The molecule has 0 aliphatic heterocycles. The number of nitrogens with zero attached hydrogens (tertiary/aromatic N) is 2. The fourth-order valence-corrected chi connectivity index (χ4v) is 3.55. The molecule has 2 aromatic carbocycles. The van der Waals surface area contributed by atoms with E-state index in [0.717, 1.165) is 10.6 Å². The summed E-state index contributed by atoms with van der Waals surface area (Å²) in [5, 5.41) is 13.5. The number of aryl methyl sites for hydroxylation is 1. The Hall–Kier alpha value is -2.36. The van der Waals surface area contributed by atoms with Crippen molar-refractivity contribution in [3.63, 3.8) is 0 Å². The number of nitro groups is 1. The van der Waals surface area contributed by atoms with Crippen molar-refractivity contribution < 1.29 is 18.1 Å². The average molecular weight is 432 g/mol. The third kappa shape index (κ3) is 5.09. The van der Waals surface area contributed by atoms with Gasteiger partial charge in [0.15, 0.2) is 0 Å². The largest absolute Gasteiger partial charge is 0.324 e. The van der Waals surface area contributed by atoms with Gasteiger partial charge in [-0.2, -0.15) is 0 Å². The van der Waals surface area contributed by atoms with Gasteiger partial charge in [0.1, 0.15) is 6.54 Å². The van der Waals surface area contributed by atoms with Crippen molar-refractivity contribution in [2.45, 2.75) is 6.92 Å². The van der Waals surface area contributed by atoms with E-state index >= 15 is 0 Å². The number of non-ortho nitro benzene ring substituents is 1. The third-order valence-corrected chi connectivity index (χ3v) is 5.53. The SMILES string of the molecule is Cc1ccc([N+](=O)[O-])cc1NC(=O)CN(c1cccc(Cl)c1Cl)S(C)(=O)=O. The van der Waals surface area contributed by atoms with Gasteiger partial charge in [-0.15, -0.1) is 0 Å². The summed E-state index contributed by atoms with van der Waals surface area (Å²) in [5.41, 5.74) is 0.645. The predicted molar refractivity (Wildman–Crippen MR) is 105 cm³/mol. The van der Waals surface area contributed by atoms with Gasteiger partial charge in [-0.1, -0.05) is 35.3 Å². The van der Waals surface area contributed by atoms with E-state index in [1.165, 1.54) is 36.4 Å². The van der Waals surface area contributed by atoms with Crippen LogP contribution < -0.4 is 9.62 Å². The van der Waals surface area contributed by atoms with E-state index in [-0.39, 0.29) is 27.1 Å². The van der Waals surface area contributed by atoms with Crippen LogP contribution in [0, 0.1) is 17.0 Å². The van der Waals surface area contributed by atoms with Crippen LogP contribution in [0.4, 0.5) is 17.1 Å². The molecule has 8 nitrogen and oxygen atoms in total. The first-order valence-corrected chi connectivity index (χ1v) is 10.1. The highest BCUT2D eigenvalue weighted by atomic mass is 35.5. The number of rotatable bonds is 6. The van der Waals surface area contributed by atoms with Crippen molar-refractivity contribution in [3.05, 3.63) is 62.1 Å². The minimum Gasteiger partial charge on any atom is -0.324 e. The first-order valence-electron chi connectivity index (χ1n) is 7.47. The molecule has 1 N–H and O–H groups in total. The number of hydrogen-bond donors (Lipinski definition) is 1. The molecule has 0 aromatic heterocycles. The van der Waals surface area contributed by atoms with Crippen LogP contribution in [0.1, 0.15) is 5.56 Å². The summed E-state index contributed by atoms with van der Waals surface area (Å²) in [7, 11) is -3.86. The van der Waals surface area contributed by atoms with Gasteiger partial charge in [0.25, 0.3) is 5.69 Å². The van der Waals surface area contributed by atoms with E-state index in [9.17, 15) is 23.3 Å². The second kappa shape index (κ2) is 8.12. The molecule has 0 unspecified atom stereocenters. The molecule has 2 aromatic rings. The number of nitrogens with one attached hydrogen (secondary N) is 1. The molecule has 11 heteroatoms. The van der Waals surface area contributed by atoms with Crippen molar-refractivity contribution in [2.75, 3.05) is 22.4 Å². The highest BCUT2D eigenvalue weighted by Crippen LogP contribution is 2.33. The summed E-state index contributed by atoms with van der Waals surface area (Å²) in [4.78, 5) is 22.7. The molecular weight excluding hydrogens is 417 g/mol. The Balaban J connectivity index is 2.32. The average Bonchev–Trinajstić information content (AvgIpc) is 2.56. The van der Waals surface area contributed by atoms with Gasteiger partial charge in [-0.25, -0.2) is 8.42 Å². The van der Waals surface area contributed by atoms with Gasteiger partial charge in [-0.3, -0.25) is 19.2 Å². The smallest absolute Gasteiger partial charge is 0.271 e. The van der Waals surface area contributed by atoms with Crippen LogP contribution in [0.25, 0.3) is 0 Å². The number of anilines is 2. The second-order valence-corrected chi connectivity index (χ2v) is 8.34. The lowest BCUT2D eigenvalue weighted by Crippen LogP contribution is -2.37. The zero-order valence-corrected chi connectivity index (χ0v) is 16.6. The molecule has 0 saturated heterocycles. The highest BCUT2D eigenvalue weighted by Gasteiger charge is 2.24. The minimum atomic E-state index is -3.86. The van der Waals surface area contributed by atoms with Gasteiger partial charge < -0.3 is 5.32 Å². The monoisotopic (exact) mass is 431 g/mol. The maximum absolute atomic E-state index is 12.4. The molecule has 0 radical (unpaired) electrons. The first kappa shape index (κ1) is 20.9. The standard InChI is InChI=1S/C16H15Cl2N3O5S/c1-10-6-7-11(21(23)24)8-13(10)19-15(22)9-20(27(2,25)26)14-5-3-4-12(17)16(14)18/h3-8H,9H2,1-2H3,(H,19,22). The van der Waals surface area contributed by atoms with E-state index < -0.39 is 27.4 Å². The predicted octanol–water partition coefficient (Wildman–Crippen LogP) is 3.61. The lowest BCUT2D eigenvalue weighted by atomic mass is 10.2. The zero-order chi connectivity index (χ0) is 20.4. The lowest BCUT2D eigenvalue weighted by molar-refractivity contribution is -0.384. The number of sulfonamides is 1. The third-order valence-electron chi connectivity index (χ3n) is 3.59. The van der Waals surface area contributed by atoms with Crippen LogP contribution in [-0.2, 0) is 14.8 Å². The van der Waals surface area contributed by atoms with E-state index in [0.29, 0.717) is 5.56 Å². The Morgan fingerprint density at radius 3 is 2.52 bits per heavy atom. The number of carbonyl (C=O) groups excluding carboxylic acids is 1. The van der Waals surface area contributed by atoms with Crippen LogP contribution in [0.2, 0.25) is 10.0 Å². The summed E-state index contributed by atoms with van der Waals surface area (Å²) in [6.07, 6.45) is 0.927. The van der Waals surface area contributed by atoms with E-state index in [1.807, 2.05) is 0 Å². The van der Waals surface area contributed by atoms with Gasteiger partial charge in [-0.05, 0) is 24.6 Å². The molecule has 1 amide bonds. The summed E-state index contributed by atoms with van der Waals surface area (Å²) >= 11 is 12.0. The molecular formula is C16H15Cl2N3O5S. The zero-order valence-electron chi connectivity index (χ0n) is 14.3. The van der Waals surface area contributed by atoms with Crippen molar-refractivity contribution in [1.29, 1.82) is 0 Å². The van der Waals surface area contributed by atoms with Crippen LogP contribution >= 0.6 is 23.2 Å². The lowest BCUT2D eigenvalue weighted by Gasteiger charge is -2.23. The molecule has 0 spiro atoms. The van der Waals surface area contributed by atoms with Crippen molar-refractivity contribution in [3.8, 4) is 0 Å². The van der Waals surface area contributed by atoms with Gasteiger partial charge in [0, 0.05) is 12.1 Å². The Morgan fingerprint density at radius 1 is 1.26 bits per heavy atom. The van der Waals surface area contributed by atoms with Crippen LogP contribution in [0.3, 0.4) is 0 Å². The quantitative estimate of drug-likeness (QED) is 0.554. The molecule has 0 fully saturated rings. The fraction of sp³-hybridized carbons (Fsp3) is 0.188. The molecule has 0 saturated carbocycles. The number of halogens is 2. The van der Waals surface area contributed by atoms with Crippen LogP contribution in [-0.4, -0.2) is 32.0 Å². The summed E-state index contributed by atoms with van der Waals surface area (Å²) < 4.78 is 25.1. The van der Waals surface area contributed by atoms with Gasteiger partial charge in [0.2, 0.25) is 15.9 Å². The Kier molecular flexibility index (Phi) is 6.30. The maximum atomic E-state index is 12.4. The number of carbonyl (C=O) groups is 1. The minimum absolute atomic E-state index is 0.0103. The number of nitro benzene ring substituents is 1. The highest BCUT2D eigenvalue weighted by molar-refractivity contribution is 7.92. The van der Waals surface area contributed by atoms with Crippen molar-refractivity contribution in [2.24, 2.45) is 0 Å². The van der Waals surface area contributed by atoms with Crippen molar-refractivity contribution in [1.82, 2.24) is 0 Å². The van der Waals surface area contributed by atoms with Crippen LogP contribution in [0.15, 0.2) is 36.4 Å². The Labute approximate surface area is 165 Å². The topological polar surface area (TPSA) is 110 Å². The molecule has 144 valence electrons. The number of benzene rings is 2. The summed E-state index contributed by atoms with van der Waals surface area (Å²) in [6, 6.07) is 8.39. The molecule has 0 heterocycles. The maximum Gasteiger partial charge on any atom is 0.271 e. The van der Waals surface area contributed by atoms with E-state index in [4.69, 9.17) is 23.2 Å². The molecule has 27 heavy (non-hydrogen) atoms. The molecule has 0 aliphatic carbocycles. The number of hydrogen-bond acceptors (Lipinski definition) is 5. The molecule has 0 atom stereocenters. The van der Waals surface area contributed by atoms with E-state index in [1.54, 1.807) is 6.92 Å².